The number of aryl methyl sites for hydroxylation is 1. The van der Waals surface area contributed by atoms with E-state index in [2.05, 4.69) is 10.2 Å². The molecule has 136 valence electrons. The van der Waals surface area contributed by atoms with Gasteiger partial charge in [0.1, 0.15) is 5.75 Å². The Balaban J connectivity index is 1.70. The van der Waals surface area contributed by atoms with E-state index in [9.17, 15) is 0 Å². The van der Waals surface area contributed by atoms with Crippen molar-refractivity contribution in [3.63, 3.8) is 0 Å². The molecule has 0 aliphatic heterocycles. The molecule has 1 unspecified atom stereocenters. The van der Waals surface area contributed by atoms with Gasteiger partial charge in [0.05, 0.1) is 0 Å². The highest BCUT2D eigenvalue weighted by Gasteiger charge is 2.18. The number of hydrogen-bond donors (Lipinski definition) is 0. The molecule has 0 aliphatic carbocycles. The third kappa shape index (κ3) is 4.34. The zero-order valence-electron chi connectivity index (χ0n) is 14.7. The summed E-state index contributed by atoms with van der Waals surface area (Å²) in [4.78, 5) is 0. The van der Waals surface area contributed by atoms with Gasteiger partial charge in [-0.05, 0) is 43.7 Å². The molecule has 1 aromatic heterocycles. The van der Waals surface area contributed by atoms with Gasteiger partial charge in [-0.15, -0.1) is 10.2 Å². The summed E-state index contributed by atoms with van der Waals surface area (Å²) in [5, 5.41) is 10.7. The average Bonchev–Trinajstić information content (AvgIpc) is 2.97. The molecule has 0 aliphatic rings. The molecule has 0 saturated carbocycles. The van der Waals surface area contributed by atoms with Crippen molar-refractivity contribution in [2.45, 2.75) is 30.9 Å². The van der Waals surface area contributed by atoms with Crippen molar-refractivity contribution in [1.82, 2.24) is 14.8 Å². The summed E-state index contributed by atoms with van der Waals surface area (Å²) in [6.07, 6.45) is -0.214. The summed E-state index contributed by atoms with van der Waals surface area (Å²) in [6, 6.07) is 13.5. The Morgan fingerprint density at radius 1 is 1.08 bits per heavy atom. The van der Waals surface area contributed by atoms with E-state index in [4.69, 9.17) is 27.9 Å². The van der Waals surface area contributed by atoms with E-state index < -0.39 is 0 Å². The van der Waals surface area contributed by atoms with Crippen molar-refractivity contribution >= 4 is 35.0 Å². The van der Waals surface area contributed by atoms with Gasteiger partial charge in [0.2, 0.25) is 0 Å². The first kappa shape index (κ1) is 19.1. The number of ether oxygens (including phenoxy) is 1. The average molecular weight is 408 g/mol. The monoisotopic (exact) mass is 407 g/mol. The van der Waals surface area contributed by atoms with Crippen LogP contribution >= 0.6 is 35.0 Å². The van der Waals surface area contributed by atoms with E-state index in [1.807, 2.05) is 67.9 Å². The molecule has 0 fully saturated rings. The fourth-order valence-electron chi connectivity index (χ4n) is 2.49. The van der Waals surface area contributed by atoms with Crippen molar-refractivity contribution < 1.29 is 4.74 Å². The molecular weight excluding hydrogens is 389 g/mol. The molecule has 4 nitrogen and oxygen atoms in total. The summed E-state index contributed by atoms with van der Waals surface area (Å²) >= 11 is 14.0. The minimum Gasteiger partial charge on any atom is -0.483 e. The quantitative estimate of drug-likeness (QED) is 0.479. The van der Waals surface area contributed by atoms with Crippen LogP contribution in [0.3, 0.4) is 0 Å². The Kier molecular flexibility index (Phi) is 6.12. The zero-order chi connectivity index (χ0) is 18.7. The smallest absolute Gasteiger partial charge is 0.191 e. The number of nitrogens with zero attached hydrogens (tertiary/aromatic N) is 3. The van der Waals surface area contributed by atoms with Crippen molar-refractivity contribution in [1.29, 1.82) is 0 Å². The molecule has 0 radical (unpaired) electrons. The number of benzene rings is 2. The van der Waals surface area contributed by atoms with Crippen LogP contribution in [0, 0.1) is 6.92 Å². The van der Waals surface area contributed by atoms with E-state index in [1.54, 1.807) is 0 Å². The van der Waals surface area contributed by atoms with E-state index in [0.717, 1.165) is 22.3 Å². The number of rotatable bonds is 6. The van der Waals surface area contributed by atoms with Crippen molar-refractivity contribution in [3.05, 3.63) is 69.5 Å². The fourth-order valence-corrected chi connectivity index (χ4v) is 4.15. The highest BCUT2D eigenvalue weighted by atomic mass is 35.5. The summed E-state index contributed by atoms with van der Waals surface area (Å²) in [5.74, 6) is 2.19. The molecule has 0 spiro atoms. The maximum Gasteiger partial charge on any atom is 0.191 e. The standard InChI is InChI=1S/C19H19Cl2N3OS/c1-12-7-9-14(10-8-12)25-13(2)18-22-23-19(24(18)3)26-11-15-16(20)5-4-6-17(15)21/h4-10,13H,11H2,1-3H3. The zero-order valence-corrected chi connectivity index (χ0v) is 17.1. The number of halogens is 2. The molecule has 1 atom stereocenters. The lowest BCUT2D eigenvalue weighted by Crippen LogP contribution is -2.10. The van der Waals surface area contributed by atoms with Gasteiger partial charge >= 0.3 is 0 Å². The first-order chi connectivity index (χ1) is 12.5. The van der Waals surface area contributed by atoms with Crippen LogP contribution in [0.5, 0.6) is 5.75 Å². The molecule has 0 amide bonds. The first-order valence-corrected chi connectivity index (χ1v) is 9.88. The van der Waals surface area contributed by atoms with Crippen LogP contribution in [-0.4, -0.2) is 14.8 Å². The Hall–Kier alpha value is -1.69. The lowest BCUT2D eigenvalue weighted by molar-refractivity contribution is 0.211. The van der Waals surface area contributed by atoms with E-state index >= 15 is 0 Å². The largest absolute Gasteiger partial charge is 0.483 e. The van der Waals surface area contributed by atoms with E-state index in [0.29, 0.717) is 15.8 Å². The van der Waals surface area contributed by atoms with Gasteiger partial charge in [0.15, 0.2) is 17.1 Å². The molecule has 3 rings (SSSR count). The predicted octanol–water partition coefficient (Wildman–Crippen LogP) is 5.86. The Bertz CT molecular complexity index is 876. The minimum atomic E-state index is -0.214. The third-order valence-electron chi connectivity index (χ3n) is 3.97. The molecule has 0 N–H and O–H groups in total. The maximum absolute atomic E-state index is 6.23. The second kappa shape index (κ2) is 8.33. The summed E-state index contributed by atoms with van der Waals surface area (Å²) in [6.45, 7) is 4.01. The van der Waals surface area contributed by atoms with Crippen LogP contribution in [0.25, 0.3) is 0 Å². The van der Waals surface area contributed by atoms with Gasteiger partial charge in [-0.25, -0.2) is 0 Å². The molecule has 3 aromatic rings. The maximum atomic E-state index is 6.23. The normalized spacial score (nSPS) is 12.2. The Labute approximate surface area is 167 Å². The van der Waals surface area contributed by atoms with Crippen LogP contribution in [0.15, 0.2) is 47.6 Å². The summed E-state index contributed by atoms with van der Waals surface area (Å²) in [7, 11) is 1.93. The van der Waals surface area contributed by atoms with Crippen LogP contribution in [0.2, 0.25) is 10.0 Å². The molecule has 0 saturated heterocycles. The van der Waals surface area contributed by atoms with Crippen LogP contribution in [0.4, 0.5) is 0 Å². The minimum absolute atomic E-state index is 0.214. The second-order valence-electron chi connectivity index (χ2n) is 5.96. The SMILES string of the molecule is Cc1ccc(OC(C)c2nnc(SCc3c(Cl)cccc3Cl)n2C)cc1. The van der Waals surface area contributed by atoms with Gasteiger partial charge in [0.25, 0.3) is 0 Å². The number of thioether (sulfide) groups is 1. The van der Waals surface area contributed by atoms with Crippen LogP contribution in [-0.2, 0) is 12.8 Å². The fraction of sp³-hybridized carbons (Fsp3) is 0.263. The summed E-state index contributed by atoms with van der Waals surface area (Å²) < 4.78 is 7.91. The van der Waals surface area contributed by atoms with Crippen molar-refractivity contribution in [2.75, 3.05) is 0 Å². The lowest BCUT2D eigenvalue weighted by atomic mass is 10.2. The second-order valence-corrected chi connectivity index (χ2v) is 7.72. The predicted molar refractivity (Wildman–Crippen MR) is 107 cm³/mol. The van der Waals surface area contributed by atoms with Gasteiger partial charge in [-0.2, -0.15) is 0 Å². The molecule has 26 heavy (non-hydrogen) atoms. The van der Waals surface area contributed by atoms with Gasteiger partial charge in [-0.3, -0.25) is 0 Å². The van der Waals surface area contributed by atoms with Gasteiger partial charge in [-0.1, -0.05) is 58.7 Å². The van der Waals surface area contributed by atoms with Crippen molar-refractivity contribution in [2.24, 2.45) is 7.05 Å². The topological polar surface area (TPSA) is 39.9 Å². The van der Waals surface area contributed by atoms with E-state index in [1.165, 1.54) is 17.3 Å². The van der Waals surface area contributed by atoms with Crippen LogP contribution < -0.4 is 4.74 Å². The molecule has 0 bridgehead atoms. The van der Waals surface area contributed by atoms with Crippen LogP contribution in [0.1, 0.15) is 30.0 Å². The lowest BCUT2D eigenvalue weighted by Gasteiger charge is -2.14. The van der Waals surface area contributed by atoms with E-state index in [-0.39, 0.29) is 6.10 Å². The molecule has 2 aromatic carbocycles. The third-order valence-corrected chi connectivity index (χ3v) is 5.73. The summed E-state index contributed by atoms with van der Waals surface area (Å²) in [5.41, 5.74) is 2.09. The van der Waals surface area contributed by atoms with Gasteiger partial charge in [0, 0.05) is 22.8 Å². The van der Waals surface area contributed by atoms with Crippen molar-refractivity contribution in [3.8, 4) is 5.75 Å². The van der Waals surface area contributed by atoms with Gasteiger partial charge < -0.3 is 9.30 Å². The Morgan fingerprint density at radius 3 is 2.38 bits per heavy atom. The Morgan fingerprint density at radius 2 is 1.73 bits per heavy atom. The molecular formula is C19H19Cl2N3OS. The molecule has 1 heterocycles. The molecule has 7 heteroatoms. The number of aromatic nitrogens is 3. The first-order valence-electron chi connectivity index (χ1n) is 8.14. The number of hydrogen-bond acceptors (Lipinski definition) is 4. The highest BCUT2D eigenvalue weighted by Crippen LogP contribution is 2.31. The highest BCUT2D eigenvalue weighted by molar-refractivity contribution is 7.98.